The Morgan fingerprint density at radius 3 is 2.65 bits per heavy atom. The molecule has 0 bridgehead atoms. The lowest BCUT2D eigenvalue weighted by Crippen LogP contribution is -2.47. The van der Waals surface area contributed by atoms with Crippen LogP contribution in [0.3, 0.4) is 0 Å². The summed E-state index contributed by atoms with van der Waals surface area (Å²) in [5, 5.41) is 13.1. The minimum Gasteiger partial charge on any atom is -0.463 e. The Kier molecular flexibility index (Phi) is 9.29. The molecule has 2 amide bonds. The highest BCUT2D eigenvalue weighted by molar-refractivity contribution is 5.94. The summed E-state index contributed by atoms with van der Waals surface area (Å²) >= 11 is 0. The molecule has 0 radical (unpaired) electrons. The fourth-order valence-electron chi connectivity index (χ4n) is 2.84. The van der Waals surface area contributed by atoms with Crippen LogP contribution in [0.2, 0.25) is 0 Å². The normalized spacial score (nSPS) is 19.5. The zero-order valence-electron chi connectivity index (χ0n) is 15.8. The number of ether oxygens (including phenoxy) is 1. The summed E-state index contributed by atoms with van der Waals surface area (Å²) in [5.74, 6) is -1.21. The monoisotopic (exact) mass is 369 g/mol. The van der Waals surface area contributed by atoms with Gasteiger partial charge in [0, 0.05) is 37.8 Å². The lowest BCUT2D eigenvalue weighted by atomic mass is 9.99. The third kappa shape index (κ3) is 7.53. The SMILES string of the molecule is CCOC(=O)/C=C/C(=O)N(C[C@@H]1CCNC1=O)C[C@@H](O)[C@@H](N)CC(C)C. The molecule has 0 unspecified atom stereocenters. The second kappa shape index (κ2) is 10.9. The molecule has 0 aliphatic carbocycles. The van der Waals surface area contributed by atoms with Gasteiger partial charge in [-0.15, -0.1) is 0 Å². The van der Waals surface area contributed by atoms with Gasteiger partial charge in [-0.2, -0.15) is 0 Å². The van der Waals surface area contributed by atoms with Crippen LogP contribution in [0.15, 0.2) is 12.2 Å². The Morgan fingerprint density at radius 2 is 2.12 bits per heavy atom. The van der Waals surface area contributed by atoms with E-state index in [0.29, 0.717) is 25.3 Å². The van der Waals surface area contributed by atoms with E-state index in [0.717, 1.165) is 12.2 Å². The first-order valence-corrected chi connectivity index (χ1v) is 9.09. The standard InChI is InChI=1S/C18H31N3O5/c1-4-26-17(24)6-5-16(23)21(10-13-7-8-20-18(13)25)11-15(22)14(19)9-12(2)3/h5-6,12-15,22H,4,7-11,19H2,1-3H3,(H,20,25)/b6-5+/t13-,14-,15+/m0/s1. The van der Waals surface area contributed by atoms with Crippen LogP contribution in [-0.4, -0.2) is 66.2 Å². The van der Waals surface area contributed by atoms with Crippen LogP contribution in [0.5, 0.6) is 0 Å². The van der Waals surface area contributed by atoms with Crippen molar-refractivity contribution in [1.82, 2.24) is 10.2 Å². The molecule has 1 saturated heterocycles. The van der Waals surface area contributed by atoms with Gasteiger partial charge < -0.3 is 25.8 Å². The van der Waals surface area contributed by atoms with E-state index in [1.165, 1.54) is 4.90 Å². The summed E-state index contributed by atoms with van der Waals surface area (Å²) in [6, 6.07) is -0.475. The van der Waals surface area contributed by atoms with Gasteiger partial charge in [-0.25, -0.2) is 4.79 Å². The maximum Gasteiger partial charge on any atom is 0.330 e. The van der Waals surface area contributed by atoms with Gasteiger partial charge in [0.1, 0.15) is 0 Å². The first-order chi connectivity index (χ1) is 12.2. The number of carbonyl (C=O) groups is 3. The molecule has 0 aromatic rings. The van der Waals surface area contributed by atoms with Crippen molar-refractivity contribution in [3.63, 3.8) is 0 Å². The molecular formula is C18H31N3O5. The molecule has 26 heavy (non-hydrogen) atoms. The number of nitrogens with one attached hydrogen (secondary N) is 1. The third-order valence-electron chi connectivity index (χ3n) is 4.21. The zero-order chi connectivity index (χ0) is 19.7. The zero-order valence-corrected chi connectivity index (χ0v) is 15.8. The van der Waals surface area contributed by atoms with Gasteiger partial charge >= 0.3 is 5.97 Å². The Labute approximate surface area is 154 Å². The van der Waals surface area contributed by atoms with Crippen LogP contribution in [-0.2, 0) is 19.1 Å². The second-order valence-electron chi connectivity index (χ2n) is 6.97. The Bertz CT molecular complexity index is 521. The third-order valence-corrected chi connectivity index (χ3v) is 4.21. The number of aliphatic hydroxyl groups is 1. The van der Waals surface area contributed by atoms with Crippen molar-refractivity contribution in [3.05, 3.63) is 12.2 Å². The summed E-state index contributed by atoms with van der Waals surface area (Å²) < 4.78 is 4.76. The van der Waals surface area contributed by atoms with Crippen LogP contribution in [0, 0.1) is 11.8 Å². The number of rotatable bonds is 10. The minimum absolute atomic E-state index is 0.00364. The highest BCUT2D eigenvalue weighted by Crippen LogP contribution is 2.14. The van der Waals surface area contributed by atoms with E-state index < -0.39 is 24.0 Å². The lowest BCUT2D eigenvalue weighted by Gasteiger charge is -2.29. The van der Waals surface area contributed by atoms with Crippen LogP contribution in [0.4, 0.5) is 0 Å². The second-order valence-corrected chi connectivity index (χ2v) is 6.97. The highest BCUT2D eigenvalue weighted by atomic mass is 16.5. The molecule has 8 nitrogen and oxygen atoms in total. The average Bonchev–Trinajstić information content (AvgIpc) is 2.96. The smallest absolute Gasteiger partial charge is 0.330 e. The summed E-state index contributed by atoms with van der Waals surface area (Å²) in [6.45, 7) is 6.63. The summed E-state index contributed by atoms with van der Waals surface area (Å²) in [5.41, 5.74) is 6.00. The van der Waals surface area contributed by atoms with Gasteiger partial charge in [0.2, 0.25) is 11.8 Å². The van der Waals surface area contributed by atoms with Crippen LogP contribution in [0.1, 0.15) is 33.6 Å². The van der Waals surface area contributed by atoms with Crippen molar-refractivity contribution in [2.45, 2.75) is 45.8 Å². The average molecular weight is 369 g/mol. The predicted molar refractivity (Wildman–Crippen MR) is 96.9 cm³/mol. The maximum absolute atomic E-state index is 12.5. The van der Waals surface area contributed by atoms with Crippen molar-refractivity contribution < 1.29 is 24.2 Å². The van der Waals surface area contributed by atoms with E-state index in [2.05, 4.69) is 5.32 Å². The quantitative estimate of drug-likeness (QED) is 0.362. The summed E-state index contributed by atoms with van der Waals surface area (Å²) in [4.78, 5) is 37.1. The van der Waals surface area contributed by atoms with E-state index >= 15 is 0 Å². The molecule has 4 N–H and O–H groups in total. The molecule has 0 aromatic heterocycles. The fraction of sp³-hybridized carbons (Fsp3) is 0.722. The number of nitrogens with two attached hydrogens (primary N) is 1. The molecule has 0 saturated carbocycles. The number of hydrogen-bond acceptors (Lipinski definition) is 6. The molecule has 0 aromatic carbocycles. The molecule has 1 heterocycles. The van der Waals surface area contributed by atoms with Crippen molar-refractivity contribution in [2.24, 2.45) is 17.6 Å². The number of nitrogens with zero attached hydrogens (tertiary/aromatic N) is 1. The minimum atomic E-state index is -0.915. The summed E-state index contributed by atoms with van der Waals surface area (Å²) in [6.07, 6.45) is 2.48. The number of aliphatic hydroxyl groups excluding tert-OH is 1. The van der Waals surface area contributed by atoms with Gasteiger partial charge in [-0.3, -0.25) is 9.59 Å². The Balaban J connectivity index is 2.78. The first kappa shape index (κ1) is 22.1. The van der Waals surface area contributed by atoms with Gasteiger partial charge in [-0.05, 0) is 25.7 Å². The molecule has 8 heteroatoms. The maximum atomic E-state index is 12.5. The fourth-order valence-corrected chi connectivity index (χ4v) is 2.84. The molecule has 148 valence electrons. The highest BCUT2D eigenvalue weighted by Gasteiger charge is 2.29. The van der Waals surface area contributed by atoms with Crippen molar-refractivity contribution in [1.29, 1.82) is 0 Å². The number of carbonyl (C=O) groups excluding carboxylic acids is 3. The van der Waals surface area contributed by atoms with Gasteiger partial charge in [0.15, 0.2) is 0 Å². The van der Waals surface area contributed by atoms with Crippen molar-refractivity contribution in [2.75, 3.05) is 26.2 Å². The molecule has 0 spiro atoms. The Morgan fingerprint density at radius 1 is 1.42 bits per heavy atom. The van der Waals surface area contributed by atoms with E-state index in [4.69, 9.17) is 10.5 Å². The van der Waals surface area contributed by atoms with E-state index in [9.17, 15) is 19.5 Å². The Hall–Kier alpha value is -1.93. The first-order valence-electron chi connectivity index (χ1n) is 9.09. The van der Waals surface area contributed by atoms with Crippen LogP contribution in [0.25, 0.3) is 0 Å². The molecule has 3 atom stereocenters. The molecule has 1 aliphatic heterocycles. The topological polar surface area (TPSA) is 122 Å². The van der Waals surface area contributed by atoms with Gasteiger partial charge in [0.25, 0.3) is 0 Å². The molecule has 1 aliphatic rings. The molecule has 1 rings (SSSR count). The molecular weight excluding hydrogens is 338 g/mol. The van der Waals surface area contributed by atoms with Crippen LogP contribution >= 0.6 is 0 Å². The van der Waals surface area contributed by atoms with Gasteiger partial charge in [-0.1, -0.05) is 13.8 Å². The summed E-state index contributed by atoms with van der Waals surface area (Å²) in [7, 11) is 0. The van der Waals surface area contributed by atoms with Crippen molar-refractivity contribution >= 4 is 17.8 Å². The lowest BCUT2D eigenvalue weighted by molar-refractivity contribution is -0.138. The number of hydrogen-bond donors (Lipinski definition) is 3. The van der Waals surface area contributed by atoms with E-state index in [1.54, 1.807) is 6.92 Å². The molecule has 1 fully saturated rings. The van der Waals surface area contributed by atoms with Gasteiger partial charge in [0.05, 0.1) is 18.6 Å². The predicted octanol–water partition coefficient (Wildman–Crippen LogP) is -0.195. The largest absolute Gasteiger partial charge is 0.463 e. The van der Waals surface area contributed by atoms with E-state index in [-0.39, 0.29) is 31.5 Å². The van der Waals surface area contributed by atoms with E-state index in [1.807, 2.05) is 13.8 Å². The number of amides is 2. The van der Waals surface area contributed by atoms with Crippen LogP contribution < -0.4 is 11.1 Å². The van der Waals surface area contributed by atoms with Crippen molar-refractivity contribution in [3.8, 4) is 0 Å². The number of esters is 1.